The van der Waals surface area contributed by atoms with Crippen molar-refractivity contribution >= 4 is 23.4 Å². The van der Waals surface area contributed by atoms with Crippen molar-refractivity contribution in [2.24, 2.45) is 23.2 Å². The standard InChI is InChI=1S/C33H49ClO6/c1-7-8-10-16-33(5,6)31(36)27(34)21-26-25-14-13-23(15-18-37-22-29(35)40-32(2,3)4)19-24(25)20-28(26)39-30-12-9-11-17-38-30/h19,21,24-26,28,30H,7,9,11-18,20,22H2,1-6H3/b27-21-/t24-,25-,26+,28+,30?/m0/s1. The Morgan fingerprint density at radius 1 is 1.15 bits per heavy atom. The third kappa shape index (κ3) is 10.0. The molecule has 0 aromatic rings. The number of ketones is 1. The summed E-state index contributed by atoms with van der Waals surface area (Å²) >= 11 is 6.73. The third-order valence-electron chi connectivity index (χ3n) is 7.90. The maximum atomic E-state index is 13.3. The van der Waals surface area contributed by atoms with E-state index in [1.54, 1.807) is 0 Å². The predicted octanol–water partition coefficient (Wildman–Crippen LogP) is 7.14. The van der Waals surface area contributed by atoms with E-state index in [0.717, 1.165) is 58.0 Å². The van der Waals surface area contributed by atoms with Crippen molar-refractivity contribution in [3.8, 4) is 11.8 Å². The normalized spacial score (nSPS) is 27.3. The molecule has 0 amide bonds. The Morgan fingerprint density at radius 2 is 1.93 bits per heavy atom. The van der Waals surface area contributed by atoms with Gasteiger partial charge in [-0.3, -0.25) is 4.79 Å². The van der Waals surface area contributed by atoms with Crippen LogP contribution in [-0.2, 0) is 28.5 Å². The summed E-state index contributed by atoms with van der Waals surface area (Å²) in [6.07, 6.45) is 12.0. The van der Waals surface area contributed by atoms with Gasteiger partial charge in [0.25, 0.3) is 0 Å². The molecule has 7 heteroatoms. The van der Waals surface area contributed by atoms with Gasteiger partial charge in [-0.1, -0.05) is 50.1 Å². The number of hydrogen-bond acceptors (Lipinski definition) is 6. The van der Waals surface area contributed by atoms with Crippen LogP contribution < -0.4 is 0 Å². The highest BCUT2D eigenvalue weighted by Gasteiger charge is 2.45. The number of fused-ring (bicyclic) bond motifs is 1. The lowest BCUT2D eigenvalue weighted by atomic mass is 9.77. The number of carbonyl (C=O) groups excluding carboxylic acids is 2. The second-order valence-corrected chi connectivity index (χ2v) is 13.4. The number of rotatable bonds is 11. The molecule has 3 rings (SSSR count). The number of carbonyl (C=O) groups is 2. The summed E-state index contributed by atoms with van der Waals surface area (Å²) in [6, 6.07) is 0. The Hall–Kier alpha value is -1.65. The Balaban J connectivity index is 1.67. The predicted molar refractivity (Wildman–Crippen MR) is 158 cm³/mol. The Bertz CT molecular complexity index is 989. The minimum Gasteiger partial charge on any atom is -0.458 e. The minimum atomic E-state index is -0.643. The number of esters is 1. The first kappa shape index (κ1) is 32.9. The molecule has 224 valence electrons. The molecule has 0 radical (unpaired) electrons. The molecule has 1 unspecified atom stereocenters. The molecule has 1 heterocycles. The van der Waals surface area contributed by atoms with Crippen molar-refractivity contribution < 1.29 is 28.5 Å². The van der Waals surface area contributed by atoms with Crippen LogP contribution in [0, 0.1) is 35.0 Å². The van der Waals surface area contributed by atoms with Crippen LogP contribution in [0.25, 0.3) is 0 Å². The van der Waals surface area contributed by atoms with E-state index >= 15 is 0 Å². The first-order chi connectivity index (χ1) is 18.9. The number of ether oxygens (including phenoxy) is 4. The summed E-state index contributed by atoms with van der Waals surface area (Å²) in [6.45, 7) is 12.6. The van der Waals surface area contributed by atoms with Crippen LogP contribution in [0.2, 0.25) is 0 Å². The topological polar surface area (TPSA) is 71.1 Å². The smallest absolute Gasteiger partial charge is 0.332 e. The molecule has 3 aliphatic rings. The van der Waals surface area contributed by atoms with E-state index in [9.17, 15) is 9.59 Å². The van der Waals surface area contributed by atoms with E-state index in [2.05, 4.69) is 17.9 Å². The Kier molecular flexibility index (Phi) is 12.3. The van der Waals surface area contributed by atoms with E-state index in [0.29, 0.717) is 24.9 Å². The molecular weight excluding hydrogens is 528 g/mol. The summed E-state index contributed by atoms with van der Waals surface area (Å²) in [5.74, 6) is 6.51. The van der Waals surface area contributed by atoms with E-state index in [1.807, 2.05) is 47.6 Å². The monoisotopic (exact) mass is 576 g/mol. The maximum absolute atomic E-state index is 13.3. The highest BCUT2D eigenvalue weighted by molar-refractivity contribution is 6.43. The van der Waals surface area contributed by atoms with Crippen LogP contribution in [0.15, 0.2) is 22.8 Å². The van der Waals surface area contributed by atoms with Crippen molar-refractivity contribution in [2.75, 3.05) is 19.8 Å². The molecule has 0 bridgehead atoms. The van der Waals surface area contributed by atoms with Gasteiger partial charge in [0.2, 0.25) is 0 Å². The Morgan fingerprint density at radius 3 is 2.60 bits per heavy atom. The van der Waals surface area contributed by atoms with Crippen LogP contribution in [-0.4, -0.2) is 49.6 Å². The first-order valence-corrected chi connectivity index (χ1v) is 15.4. The fraction of sp³-hybridized carbons (Fsp3) is 0.758. The van der Waals surface area contributed by atoms with E-state index in [4.69, 9.17) is 30.5 Å². The molecule has 0 aromatic heterocycles. The average molecular weight is 577 g/mol. The van der Waals surface area contributed by atoms with Gasteiger partial charge in [-0.15, -0.1) is 11.8 Å². The molecule has 0 spiro atoms. The molecule has 6 nitrogen and oxygen atoms in total. The van der Waals surface area contributed by atoms with Gasteiger partial charge in [0.05, 0.1) is 17.7 Å². The van der Waals surface area contributed by atoms with Crippen molar-refractivity contribution in [3.05, 3.63) is 22.8 Å². The van der Waals surface area contributed by atoms with Gasteiger partial charge >= 0.3 is 5.97 Å². The second kappa shape index (κ2) is 15.0. The molecule has 1 saturated heterocycles. The average Bonchev–Trinajstić information content (AvgIpc) is 3.21. The summed E-state index contributed by atoms with van der Waals surface area (Å²) in [7, 11) is 0. The minimum absolute atomic E-state index is 0.0340. The van der Waals surface area contributed by atoms with E-state index < -0.39 is 11.0 Å². The van der Waals surface area contributed by atoms with Crippen LogP contribution in [0.1, 0.15) is 99.3 Å². The van der Waals surface area contributed by atoms with Gasteiger partial charge in [0, 0.05) is 30.8 Å². The van der Waals surface area contributed by atoms with Gasteiger partial charge in [0.15, 0.2) is 12.1 Å². The van der Waals surface area contributed by atoms with Crippen LogP contribution >= 0.6 is 11.6 Å². The molecule has 5 atom stereocenters. The zero-order valence-electron chi connectivity index (χ0n) is 25.4. The third-order valence-corrected chi connectivity index (χ3v) is 8.20. The molecule has 0 N–H and O–H groups in total. The van der Waals surface area contributed by atoms with Gasteiger partial charge in [-0.05, 0) is 77.6 Å². The largest absolute Gasteiger partial charge is 0.458 e. The van der Waals surface area contributed by atoms with Crippen molar-refractivity contribution in [1.29, 1.82) is 0 Å². The molecule has 2 fully saturated rings. The van der Waals surface area contributed by atoms with E-state index in [-0.39, 0.29) is 41.7 Å². The van der Waals surface area contributed by atoms with Crippen LogP contribution in [0.5, 0.6) is 0 Å². The molecule has 2 aliphatic carbocycles. The van der Waals surface area contributed by atoms with Gasteiger partial charge in [-0.25, -0.2) is 4.79 Å². The molecular formula is C33H49ClO6. The number of halogens is 1. The lowest BCUT2D eigenvalue weighted by molar-refractivity contribution is -0.192. The number of Topliss-reactive ketones (excluding diaryl/α,β-unsaturated/α-hetero) is 1. The van der Waals surface area contributed by atoms with Crippen LogP contribution in [0.3, 0.4) is 0 Å². The highest BCUT2D eigenvalue weighted by atomic mass is 35.5. The molecule has 0 aromatic carbocycles. The summed E-state index contributed by atoms with van der Waals surface area (Å²) < 4.78 is 23.4. The van der Waals surface area contributed by atoms with Crippen molar-refractivity contribution in [3.63, 3.8) is 0 Å². The zero-order chi connectivity index (χ0) is 29.3. The van der Waals surface area contributed by atoms with Gasteiger partial charge < -0.3 is 18.9 Å². The second-order valence-electron chi connectivity index (χ2n) is 13.0. The molecule has 1 saturated carbocycles. The first-order valence-electron chi connectivity index (χ1n) is 15.0. The van der Waals surface area contributed by atoms with Gasteiger partial charge in [0.1, 0.15) is 12.2 Å². The summed E-state index contributed by atoms with van der Waals surface area (Å²) in [4.78, 5) is 25.3. The molecule has 40 heavy (non-hydrogen) atoms. The molecule has 1 aliphatic heterocycles. The van der Waals surface area contributed by atoms with E-state index in [1.165, 1.54) is 5.57 Å². The van der Waals surface area contributed by atoms with Crippen molar-refractivity contribution in [1.82, 2.24) is 0 Å². The summed E-state index contributed by atoms with van der Waals surface area (Å²) in [5.41, 5.74) is 0.193. The number of allylic oxidation sites excluding steroid dienone is 2. The lowest BCUT2D eigenvalue weighted by Gasteiger charge is -2.31. The fourth-order valence-corrected chi connectivity index (χ4v) is 6.28. The lowest BCUT2D eigenvalue weighted by Crippen LogP contribution is -2.31. The highest BCUT2D eigenvalue weighted by Crippen LogP contribution is 2.48. The maximum Gasteiger partial charge on any atom is 0.332 e. The SMILES string of the molecule is CCC#CCC(C)(C)C(=O)/C(Cl)=C/[C@@H]1[C@H]2CCC(CCOCC(=O)OC(C)(C)C)=C[C@H]2C[C@H]1OC1CCCCO1. The van der Waals surface area contributed by atoms with Crippen molar-refractivity contribution in [2.45, 2.75) is 117 Å². The van der Waals surface area contributed by atoms with Gasteiger partial charge in [-0.2, -0.15) is 0 Å². The fourth-order valence-electron chi connectivity index (χ4n) is 5.88. The zero-order valence-corrected chi connectivity index (χ0v) is 26.1. The Labute approximate surface area is 246 Å². The summed E-state index contributed by atoms with van der Waals surface area (Å²) in [5, 5.41) is 0.289. The van der Waals surface area contributed by atoms with Crippen LogP contribution in [0.4, 0.5) is 0 Å². The number of hydrogen-bond donors (Lipinski definition) is 0. The quantitative estimate of drug-likeness (QED) is 0.0855.